The van der Waals surface area contributed by atoms with E-state index in [0.717, 1.165) is 20.1 Å². The van der Waals surface area contributed by atoms with Gasteiger partial charge in [-0.2, -0.15) is 0 Å². The minimum absolute atomic E-state index is 0.103. The lowest BCUT2D eigenvalue weighted by molar-refractivity contribution is -0.849. The van der Waals surface area contributed by atoms with Gasteiger partial charge in [0.25, 0.3) is 0 Å². The van der Waals surface area contributed by atoms with Crippen LogP contribution in [0.1, 0.15) is 19.8 Å². The number of methoxy groups -OCH3 is 1. The topological polar surface area (TPSA) is 75.7 Å². The Hall–Kier alpha value is -0.0100. The molecule has 0 radical (unpaired) electrons. The highest BCUT2D eigenvalue weighted by atomic mass is 31.2. The molecule has 0 saturated carbocycles. The molecule has 0 aliphatic carbocycles. The molecule has 0 bridgehead atoms. The van der Waals surface area contributed by atoms with Crippen molar-refractivity contribution in [3.8, 4) is 0 Å². The van der Waals surface area contributed by atoms with E-state index in [1.807, 2.05) is 6.92 Å². The summed E-state index contributed by atoms with van der Waals surface area (Å²) in [5.74, 6) is 0. The van der Waals surface area contributed by atoms with Crippen LogP contribution in [0, 0.1) is 0 Å². The normalized spacial score (nSPS) is 13.7. The summed E-state index contributed by atoms with van der Waals surface area (Å²) < 4.78 is 18.2. The molecule has 1 unspecified atom stereocenters. The fraction of sp³-hybridized carbons (Fsp3) is 1.00. The maximum atomic E-state index is 10.4. The summed E-state index contributed by atoms with van der Waals surface area (Å²) in [6.07, 6.45) is 1.49. The van der Waals surface area contributed by atoms with Gasteiger partial charge in [-0.25, -0.2) is 0 Å². The van der Waals surface area contributed by atoms with Gasteiger partial charge >= 0.3 is 0 Å². The second kappa shape index (κ2) is 12.4. The van der Waals surface area contributed by atoms with Gasteiger partial charge in [0.1, 0.15) is 0 Å². The fourth-order valence-electron chi connectivity index (χ4n) is 0.848. The van der Waals surface area contributed by atoms with Gasteiger partial charge in [0, 0.05) is 13.7 Å². The molecule has 144 valence electrons. The van der Waals surface area contributed by atoms with Gasteiger partial charge < -0.3 is 28.1 Å². The lowest BCUT2D eigenvalue weighted by Gasteiger charge is -2.38. The Morgan fingerprint density at radius 3 is 1.52 bits per heavy atom. The second-order valence-corrected chi connectivity index (χ2v) is 10.0. The Kier molecular flexibility index (Phi) is 15.0. The number of nitrogens with zero attached hydrogens (tertiary/aromatic N) is 3. The molecule has 8 heteroatoms. The number of ether oxygens (including phenoxy) is 1. The molecular weight excluding hydrogens is 317 g/mol. The Balaban J connectivity index is -0.000000329. The molecule has 0 aromatic heterocycles. The molecule has 0 spiro atoms. The zero-order chi connectivity index (χ0) is 19.5. The van der Waals surface area contributed by atoms with Crippen LogP contribution < -0.4 is 9.79 Å². The number of rotatable bonds is 6. The Morgan fingerprint density at radius 1 is 1.00 bits per heavy atom. The average molecular weight is 357 g/mol. The third-order valence-corrected chi connectivity index (χ3v) is 2.95. The van der Waals surface area contributed by atoms with Crippen LogP contribution in [0.15, 0.2) is 0 Å². The van der Waals surface area contributed by atoms with Gasteiger partial charge in [-0.15, -0.1) is 0 Å². The van der Waals surface area contributed by atoms with E-state index in [1.165, 1.54) is 7.05 Å². The molecule has 0 aromatic carbocycles. The summed E-state index contributed by atoms with van der Waals surface area (Å²) in [5.41, 5.74) is 0. The molecule has 0 heterocycles. The van der Waals surface area contributed by atoms with Gasteiger partial charge in [-0.05, 0) is 34.6 Å². The summed E-state index contributed by atoms with van der Waals surface area (Å²) in [5, 5.41) is 0. The zero-order valence-corrected chi connectivity index (χ0v) is 18.0. The van der Waals surface area contributed by atoms with Crippen LogP contribution in [0.5, 0.6) is 0 Å². The van der Waals surface area contributed by atoms with Crippen LogP contribution in [0.25, 0.3) is 0 Å². The molecule has 0 amide bonds. The SMILES string of the molecule is COC(C)CCCN(C)P(=O)([O-])[O-].C[N+](C)(C)C.C[N+](C)(C)C. The van der Waals surface area contributed by atoms with Gasteiger partial charge in [-0.1, -0.05) is 0 Å². The minimum Gasteiger partial charge on any atom is -0.799 e. The summed E-state index contributed by atoms with van der Waals surface area (Å²) >= 11 is 0. The summed E-state index contributed by atoms with van der Waals surface area (Å²) in [7, 11) is 15.4. The highest BCUT2D eigenvalue weighted by Gasteiger charge is 2.03. The fourth-order valence-corrected chi connectivity index (χ4v) is 1.23. The molecule has 0 aliphatic rings. The van der Waals surface area contributed by atoms with E-state index in [-0.39, 0.29) is 12.6 Å². The Morgan fingerprint density at radius 2 is 1.30 bits per heavy atom. The van der Waals surface area contributed by atoms with Crippen molar-refractivity contribution in [3.05, 3.63) is 0 Å². The highest BCUT2D eigenvalue weighted by Crippen LogP contribution is 2.27. The van der Waals surface area contributed by atoms with Gasteiger partial charge in [-0.3, -0.25) is 4.67 Å². The van der Waals surface area contributed by atoms with E-state index in [0.29, 0.717) is 6.42 Å². The van der Waals surface area contributed by atoms with Crippen LogP contribution >= 0.6 is 7.75 Å². The monoisotopic (exact) mass is 357 g/mol. The van der Waals surface area contributed by atoms with Crippen molar-refractivity contribution in [2.45, 2.75) is 25.9 Å². The first kappa shape index (κ1) is 27.8. The van der Waals surface area contributed by atoms with E-state index in [1.54, 1.807) is 7.11 Å². The largest absolute Gasteiger partial charge is 0.799 e. The van der Waals surface area contributed by atoms with Crippen molar-refractivity contribution in [3.63, 3.8) is 0 Å². The molecule has 0 fully saturated rings. The van der Waals surface area contributed by atoms with E-state index in [2.05, 4.69) is 56.4 Å². The van der Waals surface area contributed by atoms with Gasteiger partial charge in [0.2, 0.25) is 0 Å². The lowest BCUT2D eigenvalue weighted by atomic mass is 10.2. The molecule has 0 aromatic rings. The summed E-state index contributed by atoms with van der Waals surface area (Å²) in [6.45, 7) is 2.16. The zero-order valence-electron chi connectivity index (χ0n) is 17.1. The molecule has 1 atom stereocenters. The van der Waals surface area contributed by atoms with Crippen molar-refractivity contribution in [2.24, 2.45) is 0 Å². The Bertz CT molecular complexity index is 298. The summed E-state index contributed by atoms with van der Waals surface area (Å²) in [6, 6.07) is 0. The van der Waals surface area contributed by atoms with Crippen molar-refractivity contribution < 1.29 is 28.1 Å². The molecular formula is C15H40N3O4P. The third-order valence-electron chi connectivity index (χ3n) is 1.91. The molecule has 0 saturated heterocycles. The van der Waals surface area contributed by atoms with Crippen LogP contribution in [-0.2, 0) is 9.30 Å². The smallest absolute Gasteiger partial charge is 0.0675 e. The van der Waals surface area contributed by atoms with Crippen molar-refractivity contribution in [2.75, 3.05) is 77.1 Å². The van der Waals surface area contributed by atoms with Gasteiger partial charge in [0.15, 0.2) is 0 Å². The molecule has 0 N–H and O–H groups in total. The number of quaternary nitrogens is 2. The van der Waals surface area contributed by atoms with Crippen LogP contribution in [0.4, 0.5) is 0 Å². The first-order valence-electron chi connectivity index (χ1n) is 7.72. The highest BCUT2D eigenvalue weighted by molar-refractivity contribution is 7.46. The Labute approximate surface area is 144 Å². The van der Waals surface area contributed by atoms with E-state index >= 15 is 0 Å². The average Bonchev–Trinajstić information content (AvgIpc) is 2.22. The number of hydrogen-bond acceptors (Lipinski definition) is 4. The molecule has 7 nitrogen and oxygen atoms in total. The quantitative estimate of drug-likeness (QED) is 0.502. The predicted molar refractivity (Wildman–Crippen MR) is 93.9 cm³/mol. The van der Waals surface area contributed by atoms with Crippen LogP contribution in [-0.4, -0.2) is 96.8 Å². The first-order chi connectivity index (χ1) is 9.88. The van der Waals surface area contributed by atoms with Crippen molar-refractivity contribution in [1.82, 2.24) is 4.67 Å². The van der Waals surface area contributed by atoms with Crippen LogP contribution in [0.2, 0.25) is 0 Å². The van der Waals surface area contributed by atoms with E-state index in [9.17, 15) is 14.4 Å². The van der Waals surface area contributed by atoms with Crippen LogP contribution in [0.3, 0.4) is 0 Å². The van der Waals surface area contributed by atoms with E-state index in [4.69, 9.17) is 4.74 Å². The third kappa shape index (κ3) is 44.9. The maximum Gasteiger partial charge on any atom is 0.0675 e. The maximum absolute atomic E-state index is 10.4. The lowest BCUT2D eigenvalue weighted by Crippen LogP contribution is -2.31. The first-order valence-corrected chi connectivity index (χ1v) is 9.21. The molecule has 0 aliphatic heterocycles. The standard InChI is InChI=1S/C7H18NO4P.2C4H12N/c1-7(12-3)5-4-6-8(2)13(9,10)11;2*1-5(2,3)4/h7H,4-6H2,1-3H3,(H2,9,10,11);2*1-4H3/q;2*+1/p-2. The second-order valence-electron chi connectivity index (χ2n) is 8.40. The molecule has 23 heavy (non-hydrogen) atoms. The van der Waals surface area contributed by atoms with E-state index < -0.39 is 7.75 Å². The van der Waals surface area contributed by atoms with Crippen molar-refractivity contribution in [1.29, 1.82) is 0 Å². The predicted octanol–water partition coefficient (Wildman–Crippen LogP) is 0.207. The van der Waals surface area contributed by atoms with Gasteiger partial charge in [0.05, 0.1) is 62.5 Å². The van der Waals surface area contributed by atoms with Crippen molar-refractivity contribution >= 4 is 7.75 Å². The minimum atomic E-state index is -4.53. The summed E-state index contributed by atoms with van der Waals surface area (Å²) in [4.78, 5) is 20.9. The molecule has 0 rings (SSSR count). The number of hydrogen-bond donors (Lipinski definition) is 0.